The van der Waals surface area contributed by atoms with E-state index in [1.54, 1.807) is 20.8 Å². The number of carbonyl (C=O) groups is 5. The number of benzene rings is 2. The van der Waals surface area contributed by atoms with E-state index in [0.717, 1.165) is 22.3 Å². The number of esters is 1. The predicted molar refractivity (Wildman–Crippen MR) is 180 cm³/mol. The second kappa shape index (κ2) is 17.1. The van der Waals surface area contributed by atoms with E-state index in [1.807, 2.05) is 48.5 Å². The van der Waals surface area contributed by atoms with E-state index >= 15 is 0 Å². The van der Waals surface area contributed by atoms with Crippen molar-refractivity contribution in [1.82, 2.24) is 21.3 Å². The van der Waals surface area contributed by atoms with E-state index in [-0.39, 0.29) is 12.5 Å². The van der Waals surface area contributed by atoms with Crippen LogP contribution in [0.15, 0.2) is 48.5 Å². The lowest BCUT2D eigenvalue weighted by atomic mass is 9.96. The van der Waals surface area contributed by atoms with E-state index in [1.165, 1.54) is 13.8 Å². The quantitative estimate of drug-likeness (QED) is 0.134. The molecule has 2 aromatic carbocycles. The monoisotopic (exact) mass is 714 g/mol. The standard InChI is InChI=1S/C35H46N4O12/c1-18(49-33-29(38-19(2)41)31(45)30(44)25(16-40)50-33)28(32(46)37-14-26(42)36-15-27(43)51-35(3,4)5)39-34(47)48-17-24-22-12-8-6-10-20(22)21-11-7-9-13-23(21)24/h6-13,18,24-25,28-31,33,40,44-45H,14-17H2,1-5H3,(H,36,42)(H,37,46)(H,38,41)(H,39,47)/t18-,25+,28-,29+,30-,31+,33-/m0/s1. The van der Waals surface area contributed by atoms with Crippen LogP contribution >= 0.6 is 0 Å². The number of nitrogens with one attached hydrogen (secondary N) is 4. The highest BCUT2D eigenvalue weighted by Gasteiger charge is 2.47. The van der Waals surface area contributed by atoms with Crippen molar-refractivity contribution < 1.29 is 58.2 Å². The van der Waals surface area contributed by atoms with Crippen molar-refractivity contribution in [3.05, 3.63) is 59.7 Å². The maximum Gasteiger partial charge on any atom is 0.407 e. The third-order valence-corrected chi connectivity index (χ3v) is 8.24. The minimum absolute atomic E-state index is 0.0743. The van der Waals surface area contributed by atoms with Gasteiger partial charge in [0.1, 0.15) is 49.1 Å². The number of alkyl carbamates (subject to hydrolysis) is 1. The topological polar surface area (TPSA) is 231 Å². The average molecular weight is 715 g/mol. The van der Waals surface area contributed by atoms with E-state index in [9.17, 15) is 39.3 Å². The van der Waals surface area contributed by atoms with Crippen LogP contribution in [-0.2, 0) is 38.1 Å². The van der Waals surface area contributed by atoms with Crippen molar-refractivity contribution in [2.45, 2.75) is 88.9 Å². The third kappa shape index (κ3) is 10.2. The lowest BCUT2D eigenvalue weighted by Crippen LogP contribution is -2.66. The number of hydrogen-bond acceptors (Lipinski definition) is 12. The number of ether oxygens (including phenoxy) is 4. The van der Waals surface area contributed by atoms with E-state index in [4.69, 9.17) is 18.9 Å². The van der Waals surface area contributed by atoms with Gasteiger partial charge in [0.2, 0.25) is 17.7 Å². The number of aliphatic hydroxyl groups is 3. The summed E-state index contributed by atoms with van der Waals surface area (Å²) >= 11 is 0. The Morgan fingerprint density at radius 3 is 2.08 bits per heavy atom. The minimum Gasteiger partial charge on any atom is -0.459 e. The van der Waals surface area contributed by atoms with E-state index in [2.05, 4.69) is 21.3 Å². The molecule has 7 N–H and O–H groups in total. The Morgan fingerprint density at radius 2 is 1.51 bits per heavy atom. The molecule has 1 aliphatic carbocycles. The Hall–Kier alpha value is -4.61. The number of carbonyl (C=O) groups excluding carboxylic acids is 5. The van der Waals surface area contributed by atoms with Gasteiger partial charge in [0.15, 0.2) is 6.29 Å². The summed E-state index contributed by atoms with van der Waals surface area (Å²) in [6.07, 6.45) is -8.30. The summed E-state index contributed by atoms with van der Waals surface area (Å²) in [6.45, 7) is 5.74. The molecular weight excluding hydrogens is 668 g/mol. The van der Waals surface area contributed by atoms with Crippen LogP contribution in [0.25, 0.3) is 11.1 Å². The van der Waals surface area contributed by atoms with Gasteiger partial charge in [-0.25, -0.2) is 4.79 Å². The predicted octanol–water partition coefficient (Wildman–Crippen LogP) is -0.183. The van der Waals surface area contributed by atoms with Crippen LogP contribution in [0.4, 0.5) is 4.79 Å². The van der Waals surface area contributed by atoms with Gasteiger partial charge in [0.05, 0.1) is 19.3 Å². The maximum absolute atomic E-state index is 13.5. The summed E-state index contributed by atoms with van der Waals surface area (Å²) in [6, 6.07) is 12.6. The van der Waals surface area contributed by atoms with Crippen molar-refractivity contribution in [2.24, 2.45) is 0 Å². The molecule has 0 bridgehead atoms. The normalized spacial score (nSPS) is 22.4. The Morgan fingerprint density at radius 1 is 0.902 bits per heavy atom. The van der Waals surface area contributed by atoms with Gasteiger partial charge in [0.25, 0.3) is 0 Å². The summed E-state index contributed by atoms with van der Waals surface area (Å²) in [5.41, 5.74) is 3.19. The molecule has 2 aliphatic rings. The Balaban J connectivity index is 1.47. The summed E-state index contributed by atoms with van der Waals surface area (Å²) in [4.78, 5) is 63.2. The molecule has 7 atom stereocenters. The first-order valence-corrected chi connectivity index (χ1v) is 16.5. The molecule has 0 radical (unpaired) electrons. The fourth-order valence-electron chi connectivity index (χ4n) is 5.93. The molecule has 51 heavy (non-hydrogen) atoms. The molecule has 1 fully saturated rings. The highest BCUT2D eigenvalue weighted by Crippen LogP contribution is 2.44. The molecule has 0 saturated carbocycles. The van der Waals surface area contributed by atoms with Gasteiger partial charge in [-0.15, -0.1) is 0 Å². The molecule has 4 rings (SSSR count). The zero-order valence-electron chi connectivity index (χ0n) is 29.1. The number of aliphatic hydroxyl groups excluding tert-OH is 3. The van der Waals surface area contributed by atoms with Crippen molar-refractivity contribution >= 4 is 29.8 Å². The SMILES string of the molecule is CC(=O)N[C@H]1[C@@H](O[C@@H](C)[C@H](NC(=O)OCC2c3ccccc3-c3ccccc32)C(=O)NCC(=O)NCC(=O)OC(C)(C)C)O[C@H](CO)[C@H](O)[C@@H]1O. The molecule has 4 amide bonds. The Labute approximate surface area is 295 Å². The number of amides is 4. The van der Waals surface area contributed by atoms with E-state index in [0.29, 0.717) is 0 Å². The fraction of sp³-hybridized carbons (Fsp3) is 0.514. The van der Waals surface area contributed by atoms with Crippen LogP contribution < -0.4 is 21.3 Å². The highest BCUT2D eigenvalue weighted by atomic mass is 16.7. The molecule has 2 aromatic rings. The van der Waals surface area contributed by atoms with Gasteiger partial charge in [-0.2, -0.15) is 0 Å². The third-order valence-electron chi connectivity index (χ3n) is 8.24. The molecule has 16 heteroatoms. The van der Waals surface area contributed by atoms with Gasteiger partial charge in [-0.1, -0.05) is 48.5 Å². The van der Waals surface area contributed by atoms with Gasteiger partial charge >= 0.3 is 12.1 Å². The van der Waals surface area contributed by atoms with Crippen molar-refractivity contribution in [3.8, 4) is 11.1 Å². The Kier molecular flexibility index (Phi) is 13.1. The molecule has 0 aromatic heterocycles. The van der Waals surface area contributed by atoms with E-state index < -0.39 is 97.9 Å². The number of hydrogen-bond donors (Lipinski definition) is 7. The van der Waals surface area contributed by atoms with Crippen LogP contribution in [0.5, 0.6) is 0 Å². The van der Waals surface area contributed by atoms with Gasteiger partial charge in [-0.3, -0.25) is 19.2 Å². The smallest absolute Gasteiger partial charge is 0.407 e. The van der Waals surface area contributed by atoms with Crippen LogP contribution in [0, 0.1) is 0 Å². The second-order valence-corrected chi connectivity index (χ2v) is 13.3. The molecule has 16 nitrogen and oxygen atoms in total. The van der Waals surface area contributed by atoms with Crippen molar-refractivity contribution in [2.75, 3.05) is 26.3 Å². The molecule has 278 valence electrons. The summed E-state index contributed by atoms with van der Waals surface area (Å²) in [7, 11) is 0. The number of rotatable bonds is 13. The molecule has 1 aliphatic heterocycles. The van der Waals surface area contributed by atoms with Crippen molar-refractivity contribution in [1.29, 1.82) is 0 Å². The van der Waals surface area contributed by atoms with Gasteiger partial charge in [0, 0.05) is 12.8 Å². The maximum atomic E-state index is 13.5. The summed E-state index contributed by atoms with van der Waals surface area (Å²) in [5.74, 6) is -3.19. The lowest BCUT2D eigenvalue weighted by molar-refractivity contribution is -0.281. The zero-order chi connectivity index (χ0) is 37.5. The fourth-order valence-corrected chi connectivity index (χ4v) is 5.93. The molecule has 0 spiro atoms. The van der Waals surface area contributed by atoms with Crippen molar-refractivity contribution in [3.63, 3.8) is 0 Å². The summed E-state index contributed by atoms with van der Waals surface area (Å²) in [5, 5.41) is 40.4. The first-order chi connectivity index (χ1) is 24.1. The highest BCUT2D eigenvalue weighted by molar-refractivity contribution is 5.91. The van der Waals surface area contributed by atoms with Gasteiger partial charge < -0.3 is 55.5 Å². The summed E-state index contributed by atoms with van der Waals surface area (Å²) < 4.78 is 22.3. The first kappa shape index (κ1) is 39.2. The van der Waals surface area contributed by atoms with Gasteiger partial charge in [-0.05, 0) is 49.9 Å². The van der Waals surface area contributed by atoms with Crippen LogP contribution in [0.3, 0.4) is 0 Å². The van der Waals surface area contributed by atoms with Crippen LogP contribution in [-0.4, -0.2) is 120 Å². The zero-order valence-corrected chi connectivity index (χ0v) is 29.1. The largest absolute Gasteiger partial charge is 0.459 e. The molecule has 0 unspecified atom stereocenters. The second-order valence-electron chi connectivity index (χ2n) is 13.3. The number of fused-ring (bicyclic) bond motifs is 3. The van der Waals surface area contributed by atoms with Crippen LogP contribution in [0.1, 0.15) is 51.7 Å². The first-order valence-electron chi connectivity index (χ1n) is 16.5. The molecule has 1 saturated heterocycles. The molecule has 1 heterocycles. The van der Waals surface area contributed by atoms with Crippen LogP contribution in [0.2, 0.25) is 0 Å². The lowest BCUT2D eigenvalue weighted by Gasteiger charge is -2.43. The minimum atomic E-state index is -1.63. The average Bonchev–Trinajstić information content (AvgIpc) is 3.39. The Bertz CT molecular complexity index is 1530. The molecular formula is C35H46N4O12.